The summed E-state index contributed by atoms with van der Waals surface area (Å²) in [6.07, 6.45) is 17.2. The summed E-state index contributed by atoms with van der Waals surface area (Å²) in [5.41, 5.74) is 3.17. The Hall–Kier alpha value is -0.630. The summed E-state index contributed by atoms with van der Waals surface area (Å²) in [7, 11) is 0. The highest BCUT2D eigenvalue weighted by atomic mass is 16.3. The average molecular weight is 441 g/mol. The van der Waals surface area contributed by atoms with Crippen molar-refractivity contribution in [1.82, 2.24) is 0 Å². The zero-order valence-corrected chi connectivity index (χ0v) is 21.7. The van der Waals surface area contributed by atoms with Crippen molar-refractivity contribution in [3.8, 4) is 0 Å². The van der Waals surface area contributed by atoms with Crippen LogP contribution in [0.5, 0.6) is 0 Å². The molecule has 180 valence electrons. The Morgan fingerprint density at radius 3 is 2.28 bits per heavy atom. The fourth-order valence-electron chi connectivity index (χ4n) is 11.0. The number of aliphatic hydroxyl groups is 1. The van der Waals surface area contributed by atoms with E-state index in [1.165, 1.54) is 63.2 Å². The number of hydrogen-bond donors (Lipinski definition) is 1. The van der Waals surface area contributed by atoms with Crippen molar-refractivity contribution in [3.63, 3.8) is 0 Å². The molecule has 9 atom stereocenters. The SMILES string of the molecule is CC(C)=CCC[C@@H](C=O)[C@H]1CC[C@@]2(C)[C@@H]3CC[C@@H]4C(C)(C)[C@@H](O)CC[C@@]45C[C@@]35CC[C@]12C. The quantitative estimate of drug-likeness (QED) is 0.358. The summed E-state index contributed by atoms with van der Waals surface area (Å²) < 4.78 is 0. The van der Waals surface area contributed by atoms with E-state index in [-0.39, 0.29) is 17.4 Å². The number of allylic oxidation sites excluding steroid dienone is 2. The molecule has 1 N–H and O–H groups in total. The van der Waals surface area contributed by atoms with E-state index in [2.05, 4.69) is 47.6 Å². The van der Waals surface area contributed by atoms with Crippen LogP contribution < -0.4 is 0 Å². The fraction of sp³-hybridized carbons (Fsp3) is 0.900. The van der Waals surface area contributed by atoms with Crippen LogP contribution in [0.25, 0.3) is 0 Å². The summed E-state index contributed by atoms with van der Waals surface area (Å²) in [5, 5.41) is 10.8. The van der Waals surface area contributed by atoms with Gasteiger partial charge in [-0.1, -0.05) is 39.3 Å². The van der Waals surface area contributed by atoms with Crippen molar-refractivity contribution >= 4 is 6.29 Å². The van der Waals surface area contributed by atoms with E-state index in [9.17, 15) is 9.90 Å². The van der Waals surface area contributed by atoms with E-state index in [1.807, 2.05) is 0 Å². The molecule has 2 heteroatoms. The standard InChI is InChI=1S/C30H48O2/c1-20(2)8-7-9-21(18-31)22-12-14-28(6)24-11-10-23-26(3,4)25(32)13-15-29(23)19-30(24,29)17-16-27(22,28)5/h8,18,21-25,32H,7,9-17,19H2,1-6H3/t21-,22+,23+,24-,25-,27+,28-,29+,30-/m0/s1. The summed E-state index contributed by atoms with van der Waals surface area (Å²) in [6.45, 7) is 14.3. The highest BCUT2D eigenvalue weighted by molar-refractivity contribution is 5.55. The van der Waals surface area contributed by atoms with Crippen molar-refractivity contribution in [2.24, 2.45) is 50.7 Å². The van der Waals surface area contributed by atoms with Gasteiger partial charge in [0.25, 0.3) is 0 Å². The normalized spacial score (nSPS) is 51.5. The molecule has 5 saturated carbocycles. The van der Waals surface area contributed by atoms with Crippen LogP contribution in [0.1, 0.15) is 112 Å². The molecule has 5 aliphatic carbocycles. The topological polar surface area (TPSA) is 37.3 Å². The lowest BCUT2D eigenvalue weighted by Gasteiger charge is -2.63. The molecule has 0 aromatic carbocycles. The van der Waals surface area contributed by atoms with E-state index in [0.29, 0.717) is 33.5 Å². The lowest BCUT2D eigenvalue weighted by Crippen LogP contribution is -2.57. The lowest BCUT2D eigenvalue weighted by atomic mass is 9.41. The second kappa shape index (κ2) is 7.19. The molecule has 0 heterocycles. The van der Waals surface area contributed by atoms with Crippen molar-refractivity contribution < 1.29 is 9.90 Å². The molecular weight excluding hydrogens is 392 g/mol. The summed E-state index contributed by atoms with van der Waals surface area (Å²) in [6, 6.07) is 0. The molecule has 0 saturated heterocycles. The first-order valence-electron chi connectivity index (χ1n) is 13.8. The van der Waals surface area contributed by atoms with E-state index < -0.39 is 0 Å². The largest absolute Gasteiger partial charge is 0.393 e. The molecule has 5 aliphatic rings. The highest BCUT2D eigenvalue weighted by Crippen LogP contribution is 2.89. The molecule has 5 fully saturated rings. The molecule has 2 nitrogen and oxygen atoms in total. The van der Waals surface area contributed by atoms with Gasteiger partial charge in [-0.05, 0) is 129 Å². The summed E-state index contributed by atoms with van der Waals surface area (Å²) >= 11 is 0. The van der Waals surface area contributed by atoms with Crippen LogP contribution in [0.3, 0.4) is 0 Å². The molecule has 0 aromatic heterocycles. The van der Waals surface area contributed by atoms with Crippen molar-refractivity contribution in [2.45, 2.75) is 118 Å². The molecule has 5 rings (SSSR count). The van der Waals surface area contributed by atoms with Crippen LogP contribution in [0.2, 0.25) is 0 Å². The minimum atomic E-state index is -0.123. The van der Waals surface area contributed by atoms with Gasteiger partial charge in [0.15, 0.2) is 0 Å². The van der Waals surface area contributed by atoms with Crippen LogP contribution in [-0.2, 0) is 4.79 Å². The zero-order valence-electron chi connectivity index (χ0n) is 21.7. The highest BCUT2D eigenvalue weighted by Gasteiger charge is 2.82. The van der Waals surface area contributed by atoms with Crippen molar-refractivity contribution in [1.29, 1.82) is 0 Å². The monoisotopic (exact) mass is 440 g/mol. The Morgan fingerprint density at radius 1 is 0.906 bits per heavy atom. The molecular formula is C30H48O2. The van der Waals surface area contributed by atoms with Crippen LogP contribution in [-0.4, -0.2) is 17.5 Å². The Bertz CT molecular complexity index is 808. The zero-order chi connectivity index (χ0) is 23.2. The second-order valence-electron chi connectivity index (χ2n) is 14.2. The first-order valence-corrected chi connectivity index (χ1v) is 13.8. The van der Waals surface area contributed by atoms with Gasteiger partial charge in [0, 0.05) is 5.92 Å². The molecule has 0 radical (unpaired) electrons. The third-order valence-electron chi connectivity index (χ3n) is 12.9. The number of carbonyl (C=O) groups excluding carboxylic acids is 1. The second-order valence-corrected chi connectivity index (χ2v) is 14.2. The average Bonchev–Trinajstić information content (AvgIpc) is 3.32. The van der Waals surface area contributed by atoms with Gasteiger partial charge in [0.2, 0.25) is 0 Å². The van der Waals surface area contributed by atoms with Crippen LogP contribution >= 0.6 is 0 Å². The van der Waals surface area contributed by atoms with Crippen LogP contribution in [0.4, 0.5) is 0 Å². The number of rotatable bonds is 5. The number of fused-ring (bicyclic) bond motifs is 2. The number of carbonyl (C=O) groups is 1. The first kappa shape index (κ1) is 23.1. The van der Waals surface area contributed by atoms with E-state index in [1.54, 1.807) is 0 Å². The predicted molar refractivity (Wildman–Crippen MR) is 131 cm³/mol. The summed E-state index contributed by atoms with van der Waals surface area (Å²) in [5.74, 6) is 2.31. The smallest absolute Gasteiger partial charge is 0.123 e. The minimum Gasteiger partial charge on any atom is -0.393 e. The predicted octanol–water partition coefficient (Wildman–Crippen LogP) is 7.35. The van der Waals surface area contributed by atoms with Gasteiger partial charge < -0.3 is 9.90 Å². The van der Waals surface area contributed by atoms with Crippen LogP contribution in [0, 0.1) is 50.7 Å². The Balaban J connectivity index is 1.42. The fourth-order valence-corrected chi connectivity index (χ4v) is 11.0. The molecule has 0 aliphatic heterocycles. The third-order valence-corrected chi connectivity index (χ3v) is 12.9. The van der Waals surface area contributed by atoms with Crippen LogP contribution in [0.15, 0.2) is 11.6 Å². The van der Waals surface area contributed by atoms with E-state index >= 15 is 0 Å². The Kier molecular flexibility index (Phi) is 5.20. The van der Waals surface area contributed by atoms with Gasteiger partial charge in [0.05, 0.1) is 6.10 Å². The van der Waals surface area contributed by atoms with Gasteiger partial charge in [-0.15, -0.1) is 0 Å². The van der Waals surface area contributed by atoms with Gasteiger partial charge in [-0.25, -0.2) is 0 Å². The molecule has 32 heavy (non-hydrogen) atoms. The number of hydrogen-bond acceptors (Lipinski definition) is 2. The van der Waals surface area contributed by atoms with Crippen molar-refractivity contribution in [2.75, 3.05) is 0 Å². The lowest BCUT2D eigenvalue weighted by molar-refractivity contribution is -0.162. The van der Waals surface area contributed by atoms with Gasteiger partial charge in [-0.3, -0.25) is 0 Å². The van der Waals surface area contributed by atoms with Gasteiger partial charge in [0.1, 0.15) is 6.29 Å². The molecule has 0 unspecified atom stereocenters. The minimum absolute atomic E-state index is 0.0696. The summed E-state index contributed by atoms with van der Waals surface area (Å²) in [4.78, 5) is 12.3. The third kappa shape index (κ3) is 2.71. The Morgan fingerprint density at radius 2 is 1.59 bits per heavy atom. The number of aliphatic hydroxyl groups excluding tert-OH is 1. The molecule has 0 amide bonds. The maximum absolute atomic E-state index is 12.3. The molecule has 0 bridgehead atoms. The van der Waals surface area contributed by atoms with E-state index in [4.69, 9.17) is 0 Å². The van der Waals surface area contributed by atoms with Gasteiger partial charge in [-0.2, -0.15) is 0 Å². The number of aldehydes is 1. The molecule has 0 aromatic rings. The maximum atomic E-state index is 12.3. The first-order chi connectivity index (χ1) is 15.0. The molecule has 2 spiro atoms. The van der Waals surface area contributed by atoms with E-state index in [0.717, 1.165) is 25.2 Å². The van der Waals surface area contributed by atoms with Gasteiger partial charge >= 0.3 is 0 Å². The maximum Gasteiger partial charge on any atom is 0.123 e. The Labute approximate surface area is 197 Å². The van der Waals surface area contributed by atoms with Crippen molar-refractivity contribution in [3.05, 3.63) is 11.6 Å².